The lowest BCUT2D eigenvalue weighted by Gasteiger charge is -2.20. The van der Waals surface area contributed by atoms with Crippen molar-refractivity contribution < 1.29 is 19.1 Å². The quantitative estimate of drug-likeness (QED) is 0.696. The fourth-order valence-electron chi connectivity index (χ4n) is 2.09. The van der Waals surface area contributed by atoms with Crippen molar-refractivity contribution in [3.8, 4) is 0 Å². The minimum atomic E-state index is -1.39. The number of hydrogen-bond donors (Lipinski definition) is 3. The molecule has 3 N–H and O–H groups in total. The second kappa shape index (κ2) is 5.36. The molecular weight excluding hydrogens is 251 g/mol. The third-order valence-corrected chi connectivity index (χ3v) is 3.25. The molecule has 0 aromatic heterocycles. The average molecular weight is 266 g/mol. The highest BCUT2D eigenvalue weighted by molar-refractivity contribution is 5.96. The lowest BCUT2D eigenvalue weighted by Crippen LogP contribution is -2.52. The lowest BCUT2D eigenvalue weighted by molar-refractivity contribution is -0.139. The van der Waals surface area contributed by atoms with Crippen molar-refractivity contribution in [3.63, 3.8) is 0 Å². The molecule has 1 aromatic rings. The van der Waals surface area contributed by atoms with Crippen molar-refractivity contribution >= 4 is 11.8 Å². The highest BCUT2D eigenvalue weighted by atomic mass is 19.1. The van der Waals surface area contributed by atoms with Gasteiger partial charge < -0.3 is 5.11 Å². The zero-order valence-corrected chi connectivity index (χ0v) is 10.3. The number of hydrazine groups is 1. The monoisotopic (exact) mass is 266 g/mol. The minimum Gasteiger partial charge on any atom is -0.380 e. The van der Waals surface area contributed by atoms with E-state index >= 15 is 0 Å². The summed E-state index contributed by atoms with van der Waals surface area (Å²) in [4.78, 5) is 23.4. The maximum absolute atomic E-state index is 12.7. The van der Waals surface area contributed by atoms with Gasteiger partial charge in [-0.2, -0.15) is 0 Å². The van der Waals surface area contributed by atoms with Crippen molar-refractivity contribution in [2.45, 2.75) is 31.3 Å². The van der Waals surface area contributed by atoms with Gasteiger partial charge in [0.1, 0.15) is 11.4 Å². The summed E-state index contributed by atoms with van der Waals surface area (Å²) in [6.45, 7) is 0. The smallest absolute Gasteiger partial charge is 0.270 e. The lowest BCUT2D eigenvalue weighted by atomic mass is 10.0. The Kier molecular flexibility index (Phi) is 3.80. The molecule has 1 aliphatic carbocycles. The first-order chi connectivity index (χ1) is 9.01. The Morgan fingerprint density at radius 3 is 2.26 bits per heavy atom. The average Bonchev–Trinajstić information content (AvgIpc) is 2.84. The van der Waals surface area contributed by atoms with E-state index in [1.807, 2.05) is 0 Å². The summed E-state index contributed by atoms with van der Waals surface area (Å²) >= 11 is 0. The van der Waals surface area contributed by atoms with Gasteiger partial charge in [-0.3, -0.25) is 20.4 Å². The minimum absolute atomic E-state index is 0.222. The van der Waals surface area contributed by atoms with Gasteiger partial charge >= 0.3 is 0 Å². The molecule has 1 aliphatic rings. The van der Waals surface area contributed by atoms with Crippen LogP contribution in [0.15, 0.2) is 24.3 Å². The Morgan fingerprint density at radius 2 is 1.68 bits per heavy atom. The van der Waals surface area contributed by atoms with E-state index in [2.05, 4.69) is 10.9 Å². The molecule has 0 aliphatic heterocycles. The maximum atomic E-state index is 12.7. The molecule has 19 heavy (non-hydrogen) atoms. The highest BCUT2D eigenvalue weighted by Crippen LogP contribution is 2.29. The topological polar surface area (TPSA) is 78.4 Å². The van der Waals surface area contributed by atoms with Crippen LogP contribution >= 0.6 is 0 Å². The Balaban J connectivity index is 1.90. The van der Waals surface area contributed by atoms with Crippen LogP contribution in [-0.4, -0.2) is 22.5 Å². The normalized spacial score (nSPS) is 16.9. The summed E-state index contributed by atoms with van der Waals surface area (Å²) in [6.07, 6.45) is 2.36. The van der Waals surface area contributed by atoms with Gasteiger partial charge in [0.2, 0.25) is 0 Å². The Bertz CT molecular complexity index is 481. The molecule has 0 radical (unpaired) electrons. The molecule has 0 bridgehead atoms. The van der Waals surface area contributed by atoms with Crippen LogP contribution < -0.4 is 10.9 Å². The molecule has 6 heteroatoms. The highest BCUT2D eigenvalue weighted by Gasteiger charge is 2.38. The number of benzene rings is 1. The van der Waals surface area contributed by atoms with Crippen LogP contribution in [0.1, 0.15) is 36.0 Å². The molecule has 5 nitrogen and oxygen atoms in total. The number of halogens is 1. The summed E-state index contributed by atoms with van der Waals surface area (Å²) in [5, 5.41) is 9.97. The zero-order chi connectivity index (χ0) is 13.9. The van der Waals surface area contributed by atoms with E-state index in [9.17, 15) is 19.1 Å². The van der Waals surface area contributed by atoms with Gasteiger partial charge in [0.15, 0.2) is 0 Å². The zero-order valence-electron chi connectivity index (χ0n) is 10.3. The van der Waals surface area contributed by atoms with Gasteiger partial charge in [-0.25, -0.2) is 4.39 Å². The van der Waals surface area contributed by atoms with Crippen LogP contribution in [-0.2, 0) is 4.79 Å². The molecule has 2 amide bonds. The summed E-state index contributed by atoms with van der Waals surface area (Å²) in [5.41, 5.74) is 3.22. The van der Waals surface area contributed by atoms with Crippen LogP contribution in [0.25, 0.3) is 0 Å². The van der Waals surface area contributed by atoms with E-state index in [0.29, 0.717) is 12.8 Å². The first-order valence-electron chi connectivity index (χ1n) is 6.10. The molecule has 1 aromatic carbocycles. The summed E-state index contributed by atoms with van der Waals surface area (Å²) < 4.78 is 12.7. The van der Waals surface area contributed by atoms with Gasteiger partial charge in [0.25, 0.3) is 11.8 Å². The SMILES string of the molecule is O=C(NNC(=O)C1(O)CCCC1)c1ccc(F)cc1. The first-order valence-corrected chi connectivity index (χ1v) is 6.10. The predicted octanol–water partition coefficient (Wildman–Crippen LogP) is 0.892. The largest absolute Gasteiger partial charge is 0.380 e. The van der Waals surface area contributed by atoms with Crippen molar-refractivity contribution in [3.05, 3.63) is 35.6 Å². The number of carbonyl (C=O) groups is 2. The van der Waals surface area contributed by atoms with Gasteiger partial charge in [-0.15, -0.1) is 0 Å². The standard InChI is InChI=1S/C13H15FN2O3/c14-10-5-3-9(4-6-10)11(17)15-16-12(18)13(19)7-1-2-8-13/h3-6,19H,1-2,7-8H2,(H,15,17)(H,16,18). The third-order valence-electron chi connectivity index (χ3n) is 3.25. The second-order valence-corrected chi connectivity index (χ2v) is 4.65. The van der Waals surface area contributed by atoms with Crippen LogP contribution in [0.2, 0.25) is 0 Å². The van der Waals surface area contributed by atoms with Crippen molar-refractivity contribution in [2.24, 2.45) is 0 Å². The number of rotatable bonds is 2. The van der Waals surface area contributed by atoms with Gasteiger partial charge in [0, 0.05) is 5.56 Å². The third kappa shape index (κ3) is 3.08. The molecule has 0 saturated heterocycles. The van der Waals surface area contributed by atoms with E-state index < -0.39 is 23.2 Å². The van der Waals surface area contributed by atoms with E-state index in [-0.39, 0.29) is 5.56 Å². The Morgan fingerprint density at radius 1 is 1.11 bits per heavy atom. The molecule has 0 atom stereocenters. The number of aliphatic hydroxyl groups is 1. The van der Waals surface area contributed by atoms with E-state index in [1.54, 1.807) is 0 Å². The van der Waals surface area contributed by atoms with Gasteiger partial charge in [-0.05, 0) is 49.9 Å². The van der Waals surface area contributed by atoms with E-state index in [1.165, 1.54) is 12.1 Å². The molecule has 0 heterocycles. The molecule has 0 unspecified atom stereocenters. The molecular formula is C13H15FN2O3. The number of hydrogen-bond acceptors (Lipinski definition) is 3. The van der Waals surface area contributed by atoms with Crippen LogP contribution in [0.3, 0.4) is 0 Å². The number of carbonyl (C=O) groups excluding carboxylic acids is 2. The Labute approximate surface area is 109 Å². The van der Waals surface area contributed by atoms with Crippen molar-refractivity contribution in [1.29, 1.82) is 0 Å². The molecule has 0 spiro atoms. The van der Waals surface area contributed by atoms with Crippen LogP contribution in [0.5, 0.6) is 0 Å². The first kappa shape index (κ1) is 13.5. The fourth-order valence-corrected chi connectivity index (χ4v) is 2.09. The van der Waals surface area contributed by atoms with Gasteiger partial charge in [0.05, 0.1) is 0 Å². The van der Waals surface area contributed by atoms with Gasteiger partial charge in [-0.1, -0.05) is 0 Å². The summed E-state index contributed by atoms with van der Waals surface area (Å²) in [5.74, 6) is -1.61. The summed E-state index contributed by atoms with van der Waals surface area (Å²) in [6, 6.07) is 4.92. The fraction of sp³-hybridized carbons (Fsp3) is 0.385. The predicted molar refractivity (Wildman–Crippen MR) is 65.4 cm³/mol. The van der Waals surface area contributed by atoms with Crippen LogP contribution in [0, 0.1) is 5.82 Å². The maximum Gasteiger partial charge on any atom is 0.270 e. The molecule has 1 saturated carbocycles. The molecule has 2 rings (SSSR count). The van der Waals surface area contributed by atoms with Crippen molar-refractivity contribution in [2.75, 3.05) is 0 Å². The molecule has 102 valence electrons. The van der Waals surface area contributed by atoms with Crippen molar-refractivity contribution in [1.82, 2.24) is 10.9 Å². The second-order valence-electron chi connectivity index (χ2n) is 4.65. The number of amides is 2. The Hall–Kier alpha value is -1.95. The van der Waals surface area contributed by atoms with E-state index in [0.717, 1.165) is 25.0 Å². The number of nitrogens with one attached hydrogen (secondary N) is 2. The summed E-state index contributed by atoms with van der Waals surface area (Å²) in [7, 11) is 0. The van der Waals surface area contributed by atoms with Crippen LogP contribution in [0.4, 0.5) is 4.39 Å². The molecule has 1 fully saturated rings. The van der Waals surface area contributed by atoms with E-state index in [4.69, 9.17) is 0 Å².